The first-order valence-electron chi connectivity index (χ1n) is 10.3. The van der Waals surface area contributed by atoms with Gasteiger partial charge in [-0.25, -0.2) is 19.4 Å². The molecule has 1 atom stereocenters. The Bertz CT molecular complexity index is 1300. The molecule has 0 spiro atoms. The van der Waals surface area contributed by atoms with Gasteiger partial charge < -0.3 is 9.88 Å². The van der Waals surface area contributed by atoms with Crippen molar-refractivity contribution in [3.63, 3.8) is 0 Å². The summed E-state index contributed by atoms with van der Waals surface area (Å²) < 4.78 is 5.08. The minimum atomic E-state index is -0.113. The predicted octanol–water partition coefficient (Wildman–Crippen LogP) is 1.73. The van der Waals surface area contributed by atoms with Gasteiger partial charge in [-0.2, -0.15) is 5.10 Å². The topological polar surface area (TPSA) is 99.6 Å². The molecule has 0 aliphatic carbocycles. The average molecular weight is 438 g/mol. The smallest absolute Gasteiger partial charge is 0.346 e. The highest BCUT2D eigenvalue weighted by atomic mass is 32.1. The van der Waals surface area contributed by atoms with Crippen molar-refractivity contribution < 1.29 is 4.79 Å². The summed E-state index contributed by atoms with van der Waals surface area (Å²) in [5.74, 6) is 0.721. The molecule has 1 amide bonds. The summed E-state index contributed by atoms with van der Waals surface area (Å²) in [6.45, 7) is 3.11. The van der Waals surface area contributed by atoms with Crippen molar-refractivity contribution in [2.24, 2.45) is 0 Å². The maximum atomic E-state index is 12.8. The van der Waals surface area contributed by atoms with E-state index in [0.717, 1.165) is 34.0 Å². The molecule has 1 unspecified atom stereocenters. The van der Waals surface area contributed by atoms with Crippen LogP contribution in [0.4, 0.5) is 0 Å². The lowest BCUT2D eigenvalue weighted by Crippen LogP contribution is -2.37. The molecule has 1 aliphatic rings. The summed E-state index contributed by atoms with van der Waals surface area (Å²) in [5, 5.41) is 10.6. The van der Waals surface area contributed by atoms with Gasteiger partial charge in [-0.3, -0.25) is 9.36 Å². The summed E-state index contributed by atoms with van der Waals surface area (Å²) in [6, 6.07) is 7.77. The van der Waals surface area contributed by atoms with Gasteiger partial charge in [0.15, 0.2) is 0 Å². The number of nitrogens with one attached hydrogen (secondary N) is 1. The van der Waals surface area contributed by atoms with E-state index in [2.05, 4.69) is 20.4 Å². The maximum Gasteiger partial charge on any atom is 0.346 e. The van der Waals surface area contributed by atoms with Crippen LogP contribution < -0.4 is 11.0 Å². The number of rotatable bonds is 5. The molecule has 5 rings (SSSR count). The Kier molecular flexibility index (Phi) is 5.14. The van der Waals surface area contributed by atoms with Crippen LogP contribution in [0, 0.1) is 6.92 Å². The Labute approximate surface area is 182 Å². The molecule has 0 fully saturated rings. The quantitative estimate of drug-likeness (QED) is 0.513. The molecule has 1 aromatic carbocycles. The van der Waals surface area contributed by atoms with E-state index in [1.807, 2.05) is 41.1 Å². The van der Waals surface area contributed by atoms with Crippen molar-refractivity contribution in [1.29, 1.82) is 0 Å². The monoisotopic (exact) mass is 437 g/mol. The number of aryl methyl sites for hydroxylation is 2. The largest absolute Gasteiger partial charge is 0.352 e. The van der Waals surface area contributed by atoms with Gasteiger partial charge >= 0.3 is 5.69 Å². The summed E-state index contributed by atoms with van der Waals surface area (Å²) in [6.07, 6.45) is 3.80. The zero-order valence-electron chi connectivity index (χ0n) is 17.2. The first-order chi connectivity index (χ1) is 15.1. The highest BCUT2D eigenvalue weighted by Gasteiger charge is 2.22. The van der Waals surface area contributed by atoms with Crippen molar-refractivity contribution in [3.05, 3.63) is 63.0 Å². The zero-order valence-corrected chi connectivity index (χ0v) is 18.0. The van der Waals surface area contributed by atoms with Gasteiger partial charge in [0.25, 0.3) is 0 Å². The molecule has 10 heteroatoms. The van der Waals surface area contributed by atoms with Crippen molar-refractivity contribution in [2.75, 3.05) is 0 Å². The van der Waals surface area contributed by atoms with Crippen LogP contribution in [-0.4, -0.2) is 40.8 Å². The molecular weight excluding hydrogens is 414 g/mol. The van der Waals surface area contributed by atoms with E-state index in [-0.39, 0.29) is 24.2 Å². The normalized spacial score (nSPS) is 16.2. The molecule has 0 saturated heterocycles. The molecule has 160 valence electrons. The first kappa shape index (κ1) is 19.7. The Morgan fingerprint density at radius 3 is 3.00 bits per heavy atom. The van der Waals surface area contributed by atoms with Crippen molar-refractivity contribution in [3.8, 4) is 0 Å². The highest BCUT2D eigenvalue weighted by molar-refractivity contribution is 7.09. The molecule has 0 bridgehead atoms. The molecule has 1 N–H and O–H groups in total. The van der Waals surface area contributed by atoms with Gasteiger partial charge in [0.1, 0.15) is 12.4 Å². The number of carbonyl (C=O) groups is 1. The second-order valence-corrected chi connectivity index (χ2v) is 8.88. The molecule has 1 aliphatic heterocycles. The third-order valence-corrected chi connectivity index (χ3v) is 6.42. The average Bonchev–Trinajstić information content (AvgIpc) is 3.39. The molecule has 0 saturated carbocycles. The Morgan fingerprint density at radius 2 is 2.16 bits per heavy atom. The number of carbonyl (C=O) groups excluding carboxylic acids is 1. The number of hydrogen-bond acceptors (Lipinski definition) is 6. The second-order valence-electron chi connectivity index (χ2n) is 7.82. The molecule has 4 heterocycles. The van der Waals surface area contributed by atoms with Crippen LogP contribution >= 0.6 is 11.3 Å². The number of aromatic nitrogens is 6. The van der Waals surface area contributed by atoms with Crippen molar-refractivity contribution >= 4 is 28.3 Å². The minimum absolute atomic E-state index is 0.0121. The fourth-order valence-electron chi connectivity index (χ4n) is 4.07. The number of fused-ring (bicyclic) bond motifs is 2. The van der Waals surface area contributed by atoms with Crippen molar-refractivity contribution in [1.82, 2.24) is 34.2 Å². The molecule has 0 radical (unpaired) electrons. The van der Waals surface area contributed by atoms with E-state index >= 15 is 0 Å². The van der Waals surface area contributed by atoms with Gasteiger partial charge in [-0.05, 0) is 31.9 Å². The van der Waals surface area contributed by atoms with Crippen LogP contribution in [0.3, 0.4) is 0 Å². The summed E-state index contributed by atoms with van der Waals surface area (Å²) in [4.78, 5) is 34.2. The molecule has 31 heavy (non-hydrogen) atoms. The number of nitrogens with zero attached hydrogens (tertiary/aromatic N) is 6. The number of para-hydroxylation sites is 2. The Hall–Kier alpha value is -3.27. The second kappa shape index (κ2) is 8.10. The third-order valence-electron chi connectivity index (χ3n) is 5.60. The molecule has 4 aromatic rings. The number of benzene rings is 1. The van der Waals surface area contributed by atoms with Crippen molar-refractivity contribution in [2.45, 2.75) is 51.9 Å². The molecule has 3 aromatic heterocycles. The van der Waals surface area contributed by atoms with E-state index in [4.69, 9.17) is 0 Å². The van der Waals surface area contributed by atoms with Crippen LogP contribution in [0.1, 0.15) is 29.4 Å². The fourth-order valence-corrected chi connectivity index (χ4v) is 4.68. The minimum Gasteiger partial charge on any atom is -0.352 e. The van der Waals surface area contributed by atoms with Crippen LogP contribution in [-0.2, 0) is 30.8 Å². The van der Waals surface area contributed by atoms with Crippen LogP contribution in [0.2, 0.25) is 0 Å². The van der Waals surface area contributed by atoms with E-state index in [1.165, 1.54) is 4.68 Å². The summed E-state index contributed by atoms with van der Waals surface area (Å²) in [7, 11) is 0. The van der Waals surface area contributed by atoms with Crippen LogP contribution in [0.5, 0.6) is 0 Å². The number of imidazole rings is 1. The maximum absolute atomic E-state index is 12.8. The standard InChI is InChI=1S/C21H23N7O2S/c1-14-23-16(12-31-14)10-28-21(30)27-9-8-15(6-7-19(27)25-28)24-20(29)11-26-13-22-17-4-2-3-5-18(17)26/h2-5,12-13,15H,6-11H2,1H3,(H,24,29). The van der Waals surface area contributed by atoms with E-state index in [0.29, 0.717) is 25.9 Å². The van der Waals surface area contributed by atoms with Crippen LogP contribution in [0.25, 0.3) is 11.0 Å². The van der Waals surface area contributed by atoms with Gasteiger partial charge in [0, 0.05) is 24.4 Å². The summed E-state index contributed by atoms with van der Waals surface area (Å²) >= 11 is 1.57. The third kappa shape index (κ3) is 4.02. The van der Waals surface area contributed by atoms with Gasteiger partial charge in [0.2, 0.25) is 5.91 Å². The van der Waals surface area contributed by atoms with E-state index in [1.54, 1.807) is 22.2 Å². The Morgan fingerprint density at radius 1 is 1.29 bits per heavy atom. The van der Waals surface area contributed by atoms with Gasteiger partial charge in [-0.1, -0.05) is 12.1 Å². The fraction of sp³-hybridized carbons (Fsp3) is 0.381. The zero-order chi connectivity index (χ0) is 21.4. The molecular formula is C21H23N7O2S. The van der Waals surface area contributed by atoms with Gasteiger partial charge in [-0.15, -0.1) is 11.3 Å². The number of thiazole rings is 1. The molecule has 9 nitrogen and oxygen atoms in total. The SMILES string of the molecule is Cc1nc(Cn2nc3n(c2=O)CCC(NC(=O)Cn2cnc4ccccc42)CC3)cs1. The van der Waals surface area contributed by atoms with Gasteiger partial charge in [0.05, 0.1) is 34.6 Å². The Balaban J connectivity index is 1.22. The number of amides is 1. The summed E-state index contributed by atoms with van der Waals surface area (Å²) in [5.41, 5.74) is 2.56. The van der Waals surface area contributed by atoms with Crippen LogP contribution in [0.15, 0.2) is 40.8 Å². The lowest BCUT2D eigenvalue weighted by Gasteiger charge is -2.16. The lowest BCUT2D eigenvalue weighted by molar-refractivity contribution is -0.122. The van der Waals surface area contributed by atoms with E-state index in [9.17, 15) is 9.59 Å². The number of hydrogen-bond donors (Lipinski definition) is 1. The lowest BCUT2D eigenvalue weighted by atomic mass is 10.1. The van der Waals surface area contributed by atoms with E-state index < -0.39 is 0 Å². The predicted molar refractivity (Wildman–Crippen MR) is 117 cm³/mol. The first-order valence-corrected chi connectivity index (χ1v) is 11.2. The highest BCUT2D eigenvalue weighted by Crippen LogP contribution is 2.15.